The number of hydrogen-bond donors (Lipinski definition) is 2. The number of morpholine rings is 1. The molecule has 0 bridgehead atoms. The van der Waals surface area contributed by atoms with Crippen LogP contribution in [-0.2, 0) is 9.53 Å². The normalized spacial score (nSPS) is 23.5. The number of amides is 1. The highest BCUT2D eigenvalue weighted by Crippen LogP contribution is 2.22. The molecule has 15 heavy (non-hydrogen) atoms. The van der Waals surface area contributed by atoms with Crippen LogP contribution < -0.4 is 11.3 Å². The third-order valence-corrected chi connectivity index (χ3v) is 2.88. The van der Waals surface area contributed by atoms with Gasteiger partial charge in [-0.25, -0.2) is 5.84 Å². The van der Waals surface area contributed by atoms with Crippen molar-refractivity contribution >= 4 is 5.91 Å². The predicted molar refractivity (Wildman–Crippen MR) is 58.0 cm³/mol. The molecule has 1 atom stereocenters. The smallest absolute Gasteiger partial charge is 0.235 e. The van der Waals surface area contributed by atoms with E-state index in [2.05, 4.69) is 24.2 Å². The van der Waals surface area contributed by atoms with Gasteiger partial charge in [-0.05, 0) is 20.8 Å². The van der Waals surface area contributed by atoms with E-state index in [4.69, 9.17) is 10.6 Å². The van der Waals surface area contributed by atoms with Gasteiger partial charge in [0.25, 0.3) is 0 Å². The fourth-order valence-electron chi connectivity index (χ4n) is 2.12. The zero-order valence-electron chi connectivity index (χ0n) is 9.75. The summed E-state index contributed by atoms with van der Waals surface area (Å²) in [6, 6.07) is 0.187. The van der Waals surface area contributed by atoms with Crippen LogP contribution in [0.5, 0.6) is 0 Å². The number of carbonyl (C=O) groups is 1. The molecule has 0 aliphatic carbocycles. The summed E-state index contributed by atoms with van der Waals surface area (Å²) in [5.74, 6) is 4.95. The molecule has 5 heteroatoms. The van der Waals surface area contributed by atoms with E-state index in [-0.39, 0.29) is 17.5 Å². The van der Waals surface area contributed by atoms with Crippen LogP contribution in [0, 0.1) is 0 Å². The molecule has 88 valence electrons. The van der Waals surface area contributed by atoms with E-state index >= 15 is 0 Å². The van der Waals surface area contributed by atoms with Crippen LogP contribution in [0.1, 0.15) is 27.2 Å². The maximum atomic E-state index is 11.2. The molecule has 1 saturated heterocycles. The van der Waals surface area contributed by atoms with Gasteiger partial charge in [0.2, 0.25) is 5.91 Å². The van der Waals surface area contributed by atoms with Gasteiger partial charge in [-0.15, -0.1) is 0 Å². The van der Waals surface area contributed by atoms with Gasteiger partial charge in [0.1, 0.15) is 0 Å². The van der Waals surface area contributed by atoms with Crippen LogP contribution in [0.4, 0.5) is 0 Å². The molecule has 0 aromatic heterocycles. The zero-order valence-corrected chi connectivity index (χ0v) is 9.75. The van der Waals surface area contributed by atoms with Crippen LogP contribution in [0.25, 0.3) is 0 Å². The van der Waals surface area contributed by atoms with Crippen molar-refractivity contribution in [3.8, 4) is 0 Å². The Morgan fingerprint density at radius 2 is 2.33 bits per heavy atom. The van der Waals surface area contributed by atoms with Gasteiger partial charge in [-0.1, -0.05) is 0 Å². The highest BCUT2D eigenvalue weighted by atomic mass is 16.5. The first kappa shape index (κ1) is 12.4. The Labute approximate surface area is 90.9 Å². The standard InChI is InChI=1S/C10H21N3O2/c1-8(6-9(14)12-11)13-4-5-15-7-10(13,2)3/h8H,4-7,11H2,1-3H3,(H,12,14). The highest BCUT2D eigenvalue weighted by Gasteiger charge is 2.34. The first-order valence-corrected chi connectivity index (χ1v) is 5.31. The molecular weight excluding hydrogens is 194 g/mol. The fraction of sp³-hybridized carbons (Fsp3) is 0.900. The van der Waals surface area contributed by atoms with Crippen molar-refractivity contribution in [3.05, 3.63) is 0 Å². The summed E-state index contributed by atoms with van der Waals surface area (Å²) < 4.78 is 5.43. The second kappa shape index (κ2) is 4.92. The van der Waals surface area contributed by atoms with Gasteiger partial charge in [0.05, 0.1) is 13.2 Å². The van der Waals surface area contributed by atoms with Crippen molar-refractivity contribution in [1.82, 2.24) is 10.3 Å². The second-order valence-corrected chi connectivity index (χ2v) is 4.68. The second-order valence-electron chi connectivity index (χ2n) is 4.68. The summed E-state index contributed by atoms with van der Waals surface area (Å²) in [4.78, 5) is 13.5. The highest BCUT2D eigenvalue weighted by molar-refractivity contribution is 5.75. The number of hydrazine groups is 1. The van der Waals surface area contributed by atoms with E-state index in [1.165, 1.54) is 0 Å². The Hall–Kier alpha value is -0.650. The number of nitrogens with zero attached hydrogens (tertiary/aromatic N) is 1. The van der Waals surface area contributed by atoms with E-state index in [1.54, 1.807) is 0 Å². The molecule has 3 N–H and O–H groups in total. The molecule has 1 aliphatic rings. The van der Waals surface area contributed by atoms with Gasteiger partial charge in [0.15, 0.2) is 0 Å². The maximum Gasteiger partial charge on any atom is 0.235 e. The lowest BCUT2D eigenvalue weighted by Crippen LogP contribution is -2.57. The van der Waals surface area contributed by atoms with Crippen LogP contribution in [0.3, 0.4) is 0 Å². The van der Waals surface area contributed by atoms with Crippen LogP contribution in [0.15, 0.2) is 0 Å². The number of hydrogen-bond acceptors (Lipinski definition) is 4. The fourth-order valence-corrected chi connectivity index (χ4v) is 2.12. The summed E-state index contributed by atoms with van der Waals surface area (Å²) in [7, 11) is 0. The van der Waals surface area contributed by atoms with Crippen LogP contribution in [-0.4, -0.2) is 42.1 Å². The van der Waals surface area contributed by atoms with Crippen molar-refractivity contribution in [2.75, 3.05) is 19.8 Å². The molecule has 1 fully saturated rings. The number of nitrogens with two attached hydrogens (primary N) is 1. The van der Waals surface area contributed by atoms with E-state index < -0.39 is 0 Å². The average Bonchev–Trinajstić information content (AvgIpc) is 2.16. The minimum absolute atomic E-state index is 0.00740. The van der Waals surface area contributed by atoms with Gasteiger partial charge in [-0.2, -0.15) is 0 Å². The summed E-state index contributed by atoms with van der Waals surface area (Å²) in [5, 5.41) is 0. The zero-order chi connectivity index (χ0) is 11.5. The minimum atomic E-state index is -0.121. The van der Waals surface area contributed by atoms with E-state index in [0.717, 1.165) is 13.2 Å². The van der Waals surface area contributed by atoms with Crippen LogP contribution >= 0.6 is 0 Å². The Morgan fingerprint density at radius 3 is 2.87 bits per heavy atom. The molecule has 0 aromatic rings. The first-order valence-electron chi connectivity index (χ1n) is 5.31. The molecule has 0 spiro atoms. The summed E-state index contributed by atoms with van der Waals surface area (Å²) in [5.41, 5.74) is 2.16. The lowest BCUT2D eigenvalue weighted by molar-refractivity contribution is -0.124. The molecule has 1 amide bonds. The summed E-state index contributed by atoms with van der Waals surface area (Å²) in [6.45, 7) is 8.61. The largest absolute Gasteiger partial charge is 0.378 e. The molecule has 0 saturated carbocycles. The van der Waals surface area contributed by atoms with Crippen molar-refractivity contribution < 1.29 is 9.53 Å². The Kier molecular flexibility index (Phi) is 4.07. The van der Waals surface area contributed by atoms with Crippen molar-refractivity contribution in [1.29, 1.82) is 0 Å². The van der Waals surface area contributed by atoms with Crippen molar-refractivity contribution in [2.45, 2.75) is 38.8 Å². The molecular formula is C10H21N3O2. The topological polar surface area (TPSA) is 67.6 Å². The van der Waals surface area contributed by atoms with Gasteiger partial charge < -0.3 is 4.74 Å². The van der Waals surface area contributed by atoms with E-state index in [0.29, 0.717) is 13.0 Å². The number of ether oxygens (including phenoxy) is 1. The van der Waals surface area contributed by atoms with E-state index in [9.17, 15) is 4.79 Å². The number of nitrogens with one attached hydrogen (secondary N) is 1. The maximum absolute atomic E-state index is 11.2. The van der Waals surface area contributed by atoms with E-state index in [1.807, 2.05) is 6.92 Å². The molecule has 1 rings (SSSR count). The van der Waals surface area contributed by atoms with Gasteiger partial charge in [-0.3, -0.25) is 15.1 Å². The Morgan fingerprint density at radius 1 is 1.67 bits per heavy atom. The molecule has 0 radical (unpaired) electrons. The molecule has 1 unspecified atom stereocenters. The van der Waals surface area contributed by atoms with Crippen LogP contribution in [0.2, 0.25) is 0 Å². The van der Waals surface area contributed by atoms with Gasteiger partial charge >= 0.3 is 0 Å². The lowest BCUT2D eigenvalue weighted by Gasteiger charge is -2.45. The number of carbonyl (C=O) groups excluding carboxylic acids is 1. The molecule has 1 aliphatic heterocycles. The lowest BCUT2D eigenvalue weighted by atomic mass is 9.99. The molecule has 0 aromatic carbocycles. The Balaban J connectivity index is 2.56. The molecule has 1 heterocycles. The Bertz CT molecular complexity index is 231. The quantitative estimate of drug-likeness (QED) is 0.391. The van der Waals surface area contributed by atoms with Crippen molar-refractivity contribution in [3.63, 3.8) is 0 Å². The number of rotatable bonds is 3. The van der Waals surface area contributed by atoms with Crippen molar-refractivity contribution in [2.24, 2.45) is 5.84 Å². The predicted octanol–water partition coefficient (Wildman–Crippen LogP) is -0.134. The summed E-state index contributed by atoms with van der Waals surface area (Å²) in [6.07, 6.45) is 0.430. The average molecular weight is 215 g/mol. The SMILES string of the molecule is CC(CC(=O)NN)N1CCOCC1(C)C. The molecule has 5 nitrogen and oxygen atoms in total. The third-order valence-electron chi connectivity index (χ3n) is 2.88. The van der Waals surface area contributed by atoms with Gasteiger partial charge in [0, 0.05) is 24.5 Å². The third kappa shape index (κ3) is 3.15. The summed E-state index contributed by atoms with van der Waals surface area (Å²) >= 11 is 0. The minimum Gasteiger partial charge on any atom is -0.378 e. The monoisotopic (exact) mass is 215 g/mol. The first-order chi connectivity index (χ1) is 6.97.